The van der Waals surface area contributed by atoms with Crippen molar-refractivity contribution in [3.05, 3.63) is 35.7 Å². The molecule has 1 aliphatic rings. The predicted octanol–water partition coefficient (Wildman–Crippen LogP) is 3.14. The van der Waals surface area contributed by atoms with Crippen molar-refractivity contribution in [3.8, 4) is 0 Å². The third kappa shape index (κ3) is 5.07. The maximum atomic E-state index is 12.9. The van der Waals surface area contributed by atoms with Crippen LogP contribution in [0.15, 0.2) is 39.9 Å². The highest BCUT2D eigenvalue weighted by molar-refractivity contribution is 7.91. The average Bonchev–Trinajstić information content (AvgIpc) is 3.42. The molecule has 2 N–H and O–H groups in total. The SMILES string of the molecule is CC(C)C(NS(=O)(=O)c1cccs1)C(=O)Nc1ccc2nc(N3CCOCC3)sc2c1. The van der Waals surface area contributed by atoms with Crippen molar-refractivity contribution in [1.29, 1.82) is 0 Å². The van der Waals surface area contributed by atoms with Gasteiger partial charge >= 0.3 is 0 Å². The molecule has 3 heterocycles. The minimum Gasteiger partial charge on any atom is -0.378 e. The third-order valence-electron chi connectivity index (χ3n) is 4.92. The Hall–Kier alpha value is -2.05. The second-order valence-electron chi connectivity index (χ2n) is 7.54. The number of anilines is 2. The van der Waals surface area contributed by atoms with Crippen molar-refractivity contribution < 1.29 is 17.9 Å². The Labute approximate surface area is 189 Å². The van der Waals surface area contributed by atoms with Gasteiger partial charge in [0.1, 0.15) is 10.3 Å². The summed E-state index contributed by atoms with van der Waals surface area (Å²) in [5, 5.41) is 5.48. The minimum absolute atomic E-state index is 0.188. The van der Waals surface area contributed by atoms with Gasteiger partial charge < -0.3 is 15.0 Å². The molecule has 4 rings (SSSR count). The van der Waals surface area contributed by atoms with Crippen LogP contribution in [0.1, 0.15) is 13.8 Å². The number of sulfonamides is 1. The van der Waals surface area contributed by atoms with Crippen LogP contribution in [0.5, 0.6) is 0 Å². The largest absolute Gasteiger partial charge is 0.378 e. The van der Waals surface area contributed by atoms with E-state index >= 15 is 0 Å². The van der Waals surface area contributed by atoms with E-state index in [1.807, 2.05) is 26.0 Å². The molecule has 11 heteroatoms. The van der Waals surface area contributed by atoms with Crippen LogP contribution in [0.4, 0.5) is 10.8 Å². The number of aromatic nitrogens is 1. The van der Waals surface area contributed by atoms with E-state index in [2.05, 4.69) is 19.9 Å². The Morgan fingerprint density at radius 2 is 2.00 bits per heavy atom. The highest BCUT2D eigenvalue weighted by Crippen LogP contribution is 2.31. The smallest absolute Gasteiger partial charge is 0.250 e. The normalized spacial score (nSPS) is 16.0. The lowest BCUT2D eigenvalue weighted by Gasteiger charge is -2.25. The number of benzene rings is 1. The molecule has 0 radical (unpaired) electrons. The summed E-state index contributed by atoms with van der Waals surface area (Å²) in [7, 11) is -3.76. The fourth-order valence-electron chi connectivity index (χ4n) is 3.23. The number of nitrogens with one attached hydrogen (secondary N) is 2. The zero-order valence-electron chi connectivity index (χ0n) is 17.2. The number of morpholine rings is 1. The van der Waals surface area contributed by atoms with Gasteiger partial charge in [-0.05, 0) is 35.6 Å². The molecule has 1 aromatic carbocycles. The van der Waals surface area contributed by atoms with Gasteiger partial charge in [-0.2, -0.15) is 4.72 Å². The predicted molar refractivity (Wildman–Crippen MR) is 125 cm³/mol. The number of rotatable bonds is 7. The molecule has 1 atom stereocenters. The molecular weight excluding hydrogens is 456 g/mol. The van der Waals surface area contributed by atoms with Gasteiger partial charge in [-0.1, -0.05) is 31.3 Å². The van der Waals surface area contributed by atoms with Crippen LogP contribution in [0.2, 0.25) is 0 Å². The van der Waals surface area contributed by atoms with E-state index < -0.39 is 22.0 Å². The average molecular weight is 481 g/mol. The number of ether oxygens (including phenoxy) is 1. The Kier molecular flexibility index (Phi) is 6.58. The van der Waals surface area contributed by atoms with Crippen LogP contribution in [0, 0.1) is 5.92 Å². The van der Waals surface area contributed by atoms with Gasteiger partial charge in [0, 0.05) is 18.8 Å². The lowest BCUT2D eigenvalue weighted by atomic mass is 10.0. The van der Waals surface area contributed by atoms with Gasteiger partial charge in [-0.25, -0.2) is 13.4 Å². The number of carbonyl (C=O) groups excluding carboxylic acids is 1. The number of carbonyl (C=O) groups is 1. The van der Waals surface area contributed by atoms with E-state index in [1.54, 1.807) is 28.8 Å². The molecule has 0 bridgehead atoms. The number of hydrogen-bond acceptors (Lipinski definition) is 8. The van der Waals surface area contributed by atoms with Crippen molar-refractivity contribution in [3.63, 3.8) is 0 Å². The maximum absolute atomic E-state index is 12.9. The van der Waals surface area contributed by atoms with E-state index in [-0.39, 0.29) is 10.1 Å². The molecule has 8 nitrogen and oxygen atoms in total. The summed E-state index contributed by atoms with van der Waals surface area (Å²) in [5.74, 6) is -0.623. The van der Waals surface area contributed by atoms with Crippen molar-refractivity contribution in [2.45, 2.75) is 24.1 Å². The van der Waals surface area contributed by atoms with Crippen molar-refractivity contribution in [2.75, 3.05) is 36.5 Å². The first-order valence-electron chi connectivity index (χ1n) is 9.93. The van der Waals surface area contributed by atoms with Crippen LogP contribution in [0.25, 0.3) is 10.2 Å². The molecule has 1 amide bonds. The summed E-state index contributed by atoms with van der Waals surface area (Å²) < 4.78 is 34.3. The van der Waals surface area contributed by atoms with Gasteiger partial charge in [-0.15, -0.1) is 11.3 Å². The van der Waals surface area contributed by atoms with Crippen LogP contribution in [0.3, 0.4) is 0 Å². The van der Waals surface area contributed by atoms with E-state index in [4.69, 9.17) is 4.74 Å². The summed E-state index contributed by atoms with van der Waals surface area (Å²) >= 11 is 2.68. The number of thiophene rings is 1. The Bertz CT molecular complexity index is 1150. The summed E-state index contributed by atoms with van der Waals surface area (Å²) in [6.07, 6.45) is 0. The van der Waals surface area contributed by atoms with E-state index in [9.17, 15) is 13.2 Å². The summed E-state index contributed by atoms with van der Waals surface area (Å²) in [4.78, 5) is 19.8. The third-order valence-corrected chi connectivity index (χ3v) is 8.84. The molecule has 31 heavy (non-hydrogen) atoms. The number of fused-ring (bicyclic) bond motifs is 1. The monoisotopic (exact) mass is 480 g/mol. The quantitative estimate of drug-likeness (QED) is 0.539. The van der Waals surface area contributed by atoms with Crippen molar-refractivity contribution >= 4 is 59.6 Å². The number of nitrogens with zero attached hydrogens (tertiary/aromatic N) is 2. The van der Waals surface area contributed by atoms with Gasteiger partial charge in [0.25, 0.3) is 10.0 Å². The number of amides is 1. The first-order valence-corrected chi connectivity index (χ1v) is 13.1. The lowest BCUT2D eigenvalue weighted by molar-refractivity contribution is -0.118. The maximum Gasteiger partial charge on any atom is 0.250 e. The first-order chi connectivity index (χ1) is 14.8. The van der Waals surface area contributed by atoms with Crippen LogP contribution >= 0.6 is 22.7 Å². The lowest BCUT2D eigenvalue weighted by Crippen LogP contribution is -2.46. The van der Waals surface area contributed by atoms with E-state index in [0.717, 1.165) is 39.8 Å². The molecular formula is C20H24N4O4S3. The van der Waals surface area contributed by atoms with Crippen molar-refractivity contribution in [1.82, 2.24) is 9.71 Å². The Morgan fingerprint density at radius 1 is 1.23 bits per heavy atom. The first kappa shape index (κ1) is 22.2. The number of hydrogen-bond donors (Lipinski definition) is 2. The molecule has 0 spiro atoms. The highest BCUT2D eigenvalue weighted by Gasteiger charge is 2.29. The molecule has 1 fully saturated rings. The fraction of sp³-hybridized carbons (Fsp3) is 0.400. The number of thiazole rings is 1. The molecule has 166 valence electrons. The van der Waals surface area contributed by atoms with Gasteiger partial charge in [-0.3, -0.25) is 4.79 Å². The summed E-state index contributed by atoms with van der Waals surface area (Å²) in [6, 6.07) is 7.82. The topological polar surface area (TPSA) is 101 Å². The Balaban J connectivity index is 1.50. The minimum atomic E-state index is -3.76. The summed E-state index contributed by atoms with van der Waals surface area (Å²) in [6.45, 7) is 6.61. The fourth-order valence-corrected chi connectivity index (χ4v) is 6.64. The van der Waals surface area contributed by atoms with Gasteiger partial charge in [0.05, 0.1) is 23.4 Å². The van der Waals surface area contributed by atoms with Crippen LogP contribution in [-0.2, 0) is 19.6 Å². The van der Waals surface area contributed by atoms with E-state index in [1.165, 1.54) is 6.07 Å². The van der Waals surface area contributed by atoms with Crippen LogP contribution < -0.4 is 14.9 Å². The standard InChI is InChI=1S/C20H24N4O4S3/c1-13(2)18(23-31(26,27)17-4-3-11-29-17)19(25)21-14-5-6-15-16(12-14)30-20(22-15)24-7-9-28-10-8-24/h3-6,11-13,18,23H,7-10H2,1-2H3,(H,21,25). The van der Waals surface area contributed by atoms with E-state index in [0.29, 0.717) is 18.9 Å². The molecule has 2 aromatic heterocycles. The zero-order chi connectivity index (χ0) is 22.0. The Morgan fingerprint density at radius 3 is 2.68 bits per heavy atom. The van der Waals surface area contributed by atoms with Gasteiger partial charge in [0.2, 0.25) is 5.91 Å². The molecule has 1 saturated heterocycles. The molecule has 1 unspecified atom stereocenters. The highest BCUT2D eigenvalue weighted by atomic mass is 32.2. The molecule has 0 aliphatic carbocycles. The summed E-state index contributed by atoms with van der Waals surface area (Å²) in [5.41, 5.74) is 1.47. The molecule has 0 saturated carbocycles. The molecule has 1 aliphatic heterocycles. The van der Waals surface area contributed by atoms with Crippen LogP contribution in [-0.4, -0.2) is 51.7 Å². The molecule has 3 aromatic rings. The van der Waals surface area contributed by atoms with Crippen molar-refractivity contribution in [2.24, 2.45) is 5.92 Å². The second-order valence-corrected chi connectivity index (χ2v) is 11.4. The second kappa shape index (κ2) is 9.21. The van der Waals surface area contributed by atoms with Gasteiger partial charge in [0.15, 0.2) is 5.13 Å². The zero-order valence-corrected chi connectivity index (χ0v) is 19.6.